The van der Waals surface area contributed by atoms with Crippen LogP contribution < -0.4 is 0 Å². The number of hydrogen-bond acceptors (Lipinski definition) is 5. The average molecular weight is 289 g/mol. The Morgan fingerprint density at radius 2 is 2.35 bits per heavy atom. The molecule has 20 heavy (non-hydrogen) atoms. The summed E-state index contributed by atoms with van der Waals surface area (Å²) in [6.45, 7) is 6.56. The zero-order valence-corrected chi connectivity index (χ0v) is 12.9. The Kier molecular flexibility index (Phi) is 4.88. The van der Waals surface area contributed by atoms with Crippen LogP contribution in [0.15, 0.2) is 17.8 Å². The quantitative estimate of drug-likeness (QED) is 0.820. The molecule has 0 aliphatic rings. The molecule has 0 aliphatic heterocycles. The Labute approximate surface area is 123 Å². The lowest BCUT2D eigenvalue weighted by Crippen LogP contribution is -2.27. The molecule has 0 radical (unpaired) electrons. The molecule has 0 saturated carbocycles. The van der Waals surface area contributed by atoms with Gasteiger partial charge >= 0.3 is 0 Å². The van der Waals surface area contributed by atoms with Gasteiger partial charge in [0.25, 0.3) is 0 Å². The van der Waals surface area contributed by atoms with E-state index in [0.717, 1.165) is 35.9 Å². The highest BCUT2D eigenvalue weighted by Gasteiger charge is 2.12. The second-order valence-electron chi connectivity index (χ2n) is 4.90. The number of nitrogens with zero attached hydrogens (tertiary/aromatic N) is 5. The highest BCUT2D eigenvalue weighted by atomic mass is 32.1. The largest absolute Gasteiger partial charge is 0.296 e. The third-order valence-electron chi connectivity index (χ3n) is 3.09. The SMILES string of the molecule is CCN(Cc1csc(-c2cnn(C)c2)n1)CC(C)C#N. The van der Waals surface area contributed by atoms with Crippen LogP contribution in [0.1, 0.15) is 19.5 Å². The molecular weight excluding hydrogens is 270 g/mol. The van der Waals surface area contributed by atoms with Crippen LogP contribution in [0.3, 0.4) is 0 Å². The van der Waals surface area contributed by atoms with Crippen molar-refractivity contribution in [2.75, 3.05) is 13.1 Å². The van der Waals surface area contributed by atoms with Crippen LogP contribution in [-0.4, -0.2) is 32.8 Å². The first-order chi connectivity index (χ1) is 9.62. The number of thiazole rings is 1. The summed E-state index contributed by atoms with van der Waals surface area (Å²) >= 11 is 1.64. The first kappa shape index (κ1) is 14.7. The summed E-state index contributed by atoms with van der Waals surface area (Å²) in [5, 5.41) is 16.2. The number of rotatable bonds is 6. The van der Waals surface area contributed by atoms with Gasteiger partial charge in [-0.3, -0.25) is 9.58 Å². The van der Waals surface area contributed by atoms with Crippen LogP contribution in [0, 0.1) is 17.2 Å². The van der Waals surface area contributed by atoms with Crippen molar-refractivity contribution in [2.24, 2.45) is 13.0 Å². The molecule has 0 aromatic carbocycles. The van der Waals surface area contributed by atoms with Gasteiger partial charge in [0.1, 0.15) is 5.01 Å². The third-order valence-corrected chi connectivity index (χ3v) is 4.03. The Morgan fingerprint density at radius 3 is 2.95 bits per heavy atom. The van der Waals surface area contributed by atoms with Gasteiger partial charge in [0.05, 0.1) is 23.9 Å². The van der Waals surface area contributed by atoms with E-state index in [0.29, 0.717) is 0 Å². The summed E-state index contributed by atoms with van der Waals surface area (Å²) in [5.74, 6) is 0.0476. The molecular formula is C14H19N5S. The predicted molar refractivity (Wildman–Crippen MR) is 80.0 cm³/mol. The van der Waals surface area contributed by atoms with Crippen molar-refractivity contribution >= 4 is 11.3 Å². The highest BCUT2D eigenvalue weighted by Crippen LogP contribution is 2.23. The van der Waals surface area contributed by atoms with Gasteiger partial charge in [-0.15, -0.1) is 11.3 Å². The van der Waals surface area contributed by atoms with Crippen LogP contribution in [0.25, 0.3) is 10.6 Å². The van der Waals surface area contributed by atoms with Crippen LogP contribution >= 0.6 is 11.3 Å². The summed E-state index contributed by atoms with van der Waals surface area (Å²) in [4.78, 5) is 6.90. The number of aromatic nitrogens is 3. The Morgan fingerprint density at radius 1 is 1.55 bits per heavy atom. The van der Waals surface area contributed by atoms with Gasteiger partial charge in [-0.2, -0.15) is 10.4 Å². The molecule has 0 aliphatic carbocycles. The summed E-state index contributed by atoms with van der Waals surface area (Å²) < 4.78 is 1.78. The zero-order valence-electron chi connectivity index (χ0n) is 12.1. The normalized spacial score (nSPS) is 12.6. The number of nitriles is 1. The van der Waals surface area contributed by atoms with Gasteiger partial charge in [-0.05, 0) is 13.5 Å². The summed E-state index contributed by atoms with van der Waals surface area (Å²) in [6.07, 6.45) is 3.80. The van der Waals surface area contributed by atoms with Gasteiger partial charge in [-0.25, -0.2) is 4.98 Å². The molecule has 106 valence electrons. The van der Waals surface area contributed by atoms with Gasteiger partial charge in [0.15, 0.2) is 0 Å². The minimum Gasteiger partial charge on any atom is -0.296 e. The van der Waals surface area contributed by atoms with Crippen molar-refractivity contribution in [3.05, 3.63) is 23.5 Å². The minimum absolute atomic E-state index is 0.0476. The maximum absolute atomic E-state index is 8.90. The predicted octanol–water partition coefficient (Wildman–Crippen LogP) is 2.53. The van der Waals surface area contributed by atoms with Gasteiger partial charge in [0.2, 0.25) is 0 Å². The van der Waals surface area contributed by atoms with Crippen molar-refractivity contribution < 1.29 is 0 Å². The molecule has 2 rings (SSSR count). The van der Waals surface area contributed by atoms with Crippen molar-refractivity contribution in [2.45, 2.75) is 20.4 Å². The van der Waals surface area contributed by atoms with Gasteiger partial charge < -0.3 is 0 Å². The zero-order chi connectivity index (χ0) is 14.5. The molecule has 0 spiro atoms. The van der Waals surface area contributed by atoms with E-state index in [9.17, 15) is 0 Å². The third kappa shape index (κ3) is 3.65. The Bertz CT molecular complexity index is 595. The molecule has 5 nitrogen and oxygen atoms in total. The van der Waals surface area contributed by atoms with Crippen LogP contribution in [0.5, 0.6) is 0 Å². The molecule has 0 N–H and O–H groups in total. The molecule has 1 unspecified atom stereocenters. The molecule has 2 aromatic heterocycles. The Balaban J connectivity index is 2.03. The van der Waals surface area contributed by atoms with E-state index in [-0.39, 0.29) is 5.92 Å². The molecule has 0 saturated heterocycles. The van der Waals surface area contributed by atoms with E-state index in [2.05, 4.69) is 33.4 Å². The maximum atomic E-state index is 8.90. The van der Waals surface area contributed by atoms with Crippen LogP contribution in [0.4, 0.5) is 0 Å². The van der Waals surface area contributed by atoms with Crippen molar-refractivity contribution in [3.8, 4) is 16.6 Å². The fourth-order valence-electron chi connectivity index (χ4n) is 2.01. The molecule has 2 aromatic rings. The first-order valence-corrected chi connectivity index (χ1v) is 7.55. The fraction of sp³-hybridized carbons (Fsp3) is 0.500. The molecule has 0 bridgehead atoms. The maximum Gasteiger partial charge on any atom is 0.126 e. The van der Waals surface area contributed by atoms with Crippen LogP contribution in [-0.2, 0) is 13.6 Å². The van der Waals surface area contributed by atoms with Crippen molar-refractivity contribution in [1.29, 1.82) is 5.26 Å². The second kappa shape index (κ2) is 6.64. The summed E-state index contributed by atoms with van der Waals surface area (Å²) in [5.41, 5.74) is 2.11. The van der Waals surface area contributed by atoms with E-state index in [1.165, 1.54) is 0 Å². The number of hydrogen-bond donors (Lipinski definition) is 0. The van der Waals surface area contributed by atoms with E-state index in [1.54, 1.807) is 16.0 Å². The smallest absolute Gasteiger partial charge is 0.126 e. The minimum atomic E-state index is 0.0476. The van der Waals surface area contributed by atoms with Crippen molar-refractivity contribution in [3.63, 3.8) is 0 Å². The Hall–Kier alpha value is -1.71. The second-order valence-corrected chi connectivity index (χ2v) is 5.76. The molecule has 2 heterocycles. The fourth-order valence-corrected chi connectivity index (χ4v) is 2.79. The topological polar surface area (TPSA) is 57.7 Å². The lowest BCUT2D eigenvalue weighted by Gasteiger charge is -2.20. The average Bonchev–Trinajstić information content (AvgIpc) is 3.06. The van der Waals surface area contributed by atoms with E-state index in [1.807, 2.05) is 26.4 Å². The standard InChI is InChI=1S/C14H19N5S/c1-4-19(7-11(2)5-15)9-13-10-20-14(17-13)12-6-16-18(3)8-12/h6,8,10-11H,4,7,9H2,1-3H3. The summed E-state index contributed by atoms with van der Waals surface area (Å²) in [7, 11) is 1.90. The van der Waals surface area contributed by atoms with E-state index >= 15 is 0 Å². The van der Waals surface area contributed by atoms with Crippen LogP contribution in [0.2, 0.25) is 0 Å². The highest BCUT2D eigenvalue weighted by molar-refractivity contribution is 7.13. The molecule has 1 atom stereocenters. The van der Waals surface area contributed by atoms with E-state index < -0.39 is 0 Å². The molecule has 6 heteroatoms. The monoisotopic (exact) mass is 289 g/mol. The summed E-state index contributed by atoms with van der Waals surface area (Å²) in [6, 6.07) is 2.28. The first-order valence-electron chi connectivity index (χ1n) is 6.67. The molecule has 0 amide bonds. The lowest BCUT2D eigenvalue weighted by molar-refractivity contribution is 0.258. The van der Waals surface area contributed by atoms with Crippen molar-refractivity contribution in [1.82, 2.24) is 19.7 Å². The number of aryl methyl sites for hydroxylation is 1. The van der Waals surface area contributed by atoms with Gasteiger partial charge in [-0.1, -0.05) is 6.92 Å². The lowest BCUT2D eigenvalue weighted by atomic mass is 10.2. The molecule has 0 fully saturated rings. The van der Waals surface area contributed by atoms with Gasteiger partial charge in [0, 0.05) is 37.3 Å². The van der Waals surface area contributed by atoms with E-state index in [4.69, 9.17) is 5.26 Å².